The lowest BCUT2D eigenvalue weighted by Crippen LogP contribution is -2.37. The normalized spacial score (nSPS) is 23.5. The molecule has 0 bridgehead atoms. The number of nitrogens with two attached hydrogens (primary N) is 1. The van der Waals surface area contributed by atoms with Crippen molar-refractivity contribution in [1.82, 2.24) is 0 Å². The van der Waals surface area contributed by atoms with Crippen molar-refractivity contribution in [2.45, 2.75) is 18.9 Å². The number of nitrogens with zero attached hydrogens (tertiary/aromatic N) is 1. The van der Waals surface area contributed by atoms with Gasteiger partial charge < -0.3 is 20.7 Å². The number of benzene rings is 1. The van der Waals surface area contributed by atoms with Crippen molar-refractivity contribution < 1.29 is 4.74 Å². The van der Waals surface area contributed by atoms with E-state index in [9.17, 15) is 0 Å². The van der Waals surface area contributed by atoms with Gasteiger partial charge in [0.1, 0.15) is 0 Å². The average Bonchev–Trinajstić information content (AvgIpc) is 2.72. The van der Waals surface area contributed by atoms with E-state index in [1.807, 2.05) is 0 Å². The summed E-state index contributed by atoms with van der Waals surface area (Å²) in [4.78, 5) is 2.35. The van der Waals surface area contributed by atoms with E-state index in [-0.39, 0.29) is 0 Å². The molecule has 0 radical (unpaired) electrons. The maximum Gasteiger partial charge on any atom is 0.0668 e. The molecule has 1 atom stereocenters. The second-order valence-corrected chi connectivity index (χ2v) is 4.82. The van der Waals surface area contributed by atoms with Crippen LogP contribution in [-0.2, 0) is 4.74 Å². The zero-order valence-corrected chi connectivity index (χ0v) is 9.98. The summed E-state index contributed by atoms with van der Waals surface area (Å²) in [6, 6.07) is 6.71. The van der Waals surface area contributed by atoms with E-state index in [1.54, 1.807) is 0 Å². The number of nitrogen functional groups attached to an aromatic ring is 1. The monoisotopic (exact) mass is 233 g/mol. The van der Waals surface area contributed by atoms with Crippen LogP contribution in [0.15, 0.2) is 18.2 Å². The molecule has 0 aliphatic carbocycles. The molecule has 17 heavy (non-hydrogen) atoms. The predicted octanol–water partition coefficient (Wildman–Crippen LogP) is 1.68. The van der Waals surface area contributed by atoms with E-state index in [0.717, 1.165) is 44.1 Å². The zero-order valence-electron chi connectivity index (χ0n) is 9.98. The van der Waals surface area contributed by atoms with Crippen LogP contribution >= 0.6 is 0 Å². The molecule has 0 aromatic heterocycles. The minimum Gasteiger partial charge on any atom is -0.397 e. The van der Waals surface area contributed by atoms with Gasteiger partial charge in [0, 0.05) is 25.4 Å². The third-order valence-corrected chi connectivity index (χ3v) is 3.55. The molecule has 3 rings (SSSR count). The molecule has 1 aromatic carbocycles. The van der Waals surface area contributed by atoms with E-state index >= 15 is 0 Å². The molecule has 2 aliphatic heterocycles. The van der Waals surface area contributed by atoms with Gasteiger partial charge in [-0.1, -0.05) is 0 Å². The molecular formula is C13H19N3O. The van der Waals surface area contributed by atoms with Crippen LogP contribution in [-0.4, -0.2) is 32.3 Å². The molecule has 0 saturated carbocycles. The molecule has 2 heterocycles. The molecule has 2 saturated heterocycles. The van der Waals surface area contributed by atoms with Gasteiger partial charge in [-0.2, -0.15) is 0 Å². The summed E-state index contributed by atoms with van der Waals surface area (Å²) in [5, 5.41) is 3.44. The molecule has 4 nitrogen and oxygen atoms in total. The van der Waals surface area contributed by atoms with E-state index < -0.39 is 0 Å². The quantitative estimate of drug-likeness (QED) is 0.780. The molecular weight excluding hydrogens is 214 g/mol. The van der Waals surface area contributed by atoms with E-state index in [1.165, 1.54) is 12.1 Å². The first-order chi connectivity index (χ1) is 8.33. The molecule has 3 N–H and O–H groups in total. The van der Waals surface area contributed by atoms with Crippen molar-refractivity contribution in [3.63, 3.8) is 0 Å². The highest BCUT2D eigenvalue weighted by Gasteiger charge is 2.18. The average molecular weight is 233 g/mol. The summed E-state index contributed by atoms with van der Waals surface area (Å²) in [6.07, 6.45) is 2.35. The van der Waals surface area contributed by atoms with E-state index in [4.69, 9.17) is 10.5 Å². The van der Waals surface area contributed by atoms with Crippen LogP contribution in [0, 0.1) is 0 Å². The van der Waals surface area contributed by atoms with Gasteiger partial charge in [-0.05, 0) is 31.0 Å². The number of anilines is 3. The summed E-state index contributed by atoms with van der Waals surface area (Å²) in [6.45, 7) is 3.95. The fraction of sp³-hybridized carbons (Fsp3) is 0.538. The molecule has 2 aliphatic rings. The summed E-state index contributed by atoms with van der Waals surface area (Å²) in [7, 11) is 0. The Morgan fingerprint density at radius 1 is 1.35 bits per heavy atom. The fourth-order valence-corrected chi connectivity index (χ4v) is 2.32. The first kappa shape index (κ1) is 10.7. The minimum absolute atomic E-state index is 0.409. The van der Waals surface area contributed by atoms with Crippen molar-refractivity contribution in [1.29, 1.82) is 0 Å². The van der Waals surface area contributed by atoms with Crippen molar-refractivity contribution in [2.75, 3.05) is 42.3 Å². The molecule has 92 valence electrons. The Balaban J connectivity index is 1.71. The molecule has 1 aromatic rings. The van der Waals surface area contributed by atoms with E-state index in [0.29, 0.717) is 6.04 Å². The van der Waals surface area contributed by atoms with Crippen LogP contribution in [0.4, 0.5) is 17.1 Å². The molecule has 0 amide bonds. The van der Waals surface area contributed by atoms with Gasteiger partial charge in [0.05, 0.1) is 24.0 Å². The van der Waals surface area contributed by atoms with Gasteiger partial charge in [0.15, 0.2) is 0 Å². The summed E-state index contributed by atoms with van der Waals surface area (Å²) >= 11 is 0. The van der Waals surface area contributed by atoms with Crippen molar-refractivity contribution in [3.8, 4) is 0 Å². The Hall–Kier alpha value is -1.42. The van der Waals surface area contributed by atoms with Crippen LogP contribution in [0.3, 0.4) is 0 Å². The van der Waals surface area contributed by atoms with Gasteiger partial charge in [-0.3, -0.25) is 0 Å². The lowest BCUT2D eigenvalue weighted by molar-refractivity contribution is 0.195. The first-order valence-corrected chi connectivity index (χ1v) is 6.32. The number of hydrogen-bond acceptors (Lipinski definition) is 4. The smallest absolute Gasteiger partial charge is 0.0668 e. The lowest BCUT2D eigenvalue weighted by Gasteiger charge is -2.33. The van der Waals surface area contributed by atoms with Crippen LogP contribution in [0.1, 0.15) is 12.8 Å². The maximum absolute atomic E-state index is 6.09. The molecule has 0 spiro atoms. The maximum atomic E-state index is 6.09. The van der Waals surface area contributed by atoms with E-state index in [2.05, 4.69) is 28.4 Å². The zero-order chi connectivity index (χ0) is 11.7. The number of ether oxygens (including phenoxy) is 1. The minimum atomic E-state index is 0.409. The van der Waals surface area contributed by atoms with Gasteiger partial charge in [0.25, 0.3) is 0 Å². The third-order valence-electron chi connectivity index (χ3n) is 3.55. The van der Waals surface area contributed by atoms with Crippen molar-refractivity contribution in [2.24, 2.45) is 0 Å². The highest BCUT2D eigenvalue weighted by Crippen LogP contribution is 2.28. The Labute approximate surface area is 102 Å². The van der Waals surface area contributed by atoms with Gasteiger partial charge in [-0.25, -0.2) is 0 Å². The Morgan fingerprint density at radius 2 is 2.24 bits per heavy atom. The Kier molecular flexibility index (Phi) is 2.81. The van der Waals surface area contributed by atoms with Gasteiger partial charge >= 0.3 is 0 Å². The lowest BCUT2D eigenvalue weighted by atomic mass is 10.1. The topological polar surface area (TPSA) is 50.5 Å². The predicted molar refractivity (Wildman–Crippen MR) is 70.5 cm³/mol. The van der Waals surface area contributed by atoms with Crippen LogP contribution < -0.4 is 16.0 Å². The van der Waals surface area contributed by atoms with Crippen LogP contribution in [0.2, 0.25) is 0 Å². The number of hydrogen-bond donors (Lipinski definition) is 2. The summed E-state index contributed by atoms with van der Waals surface area (Å²) in [5.74, 6) is 0. The number of rotatable bonds is 3. The third kappa shape index (κ3) is 2.17. The Bertz CT molecular complexity index is 398. The van der Waals surface area contributed by atoms with Crippen molar-refractivity contribution in [3.05, 3.63) is 18.2 Å². The SMILES string of the molecule is Nc1cc(N2CCC2)ccc1NC1CCOC1. The first-order valence-electron chi connectivity index (χ1n) is 6.32. The molecule has 2 fully saturated rings. The number of nitrogens with one attached hydrogen (secondary N) is 1. The van der Waals surface area contributed by atoms with Gasteiger partial charge in [-0.15, -0.1) is 0 Å². The summed E-state index contributed by atoms with van der Waals surface area (Å²) in [5.41, 5.74) is 9.19. The second kappa shape index (κ2) is 4.45. The summed E-state index contributed by atoms with van der Waals surface area (Å²) < 4.78 is 5.35. The highest BCUT2D eigenvalue weighted by molar-refractivity contribution is 5.72. The Morgan fingerprint density at radius 3 is 2.82 bits per heavy atom. The second-order valence-electron chi connectivity index (χ2n) is 4.82. The molecule has 4 heteroatoms. The fourth-order valence-electron chi connectivity index (χ4n) is 2.32. The largest absolute Gasteiger partial charge is 0.397 e. The van der Waals surface area contributed by atoms with Gasteiger partial charge in [0.2, 0.25) is 0 Å². The standard InChI is InChI=1S/C13H19N3O/c14-12-8-11(16-5-1-6-16)2-3-13(12)15-10-4-7-17-9-10/h2-3,8,10,15H,1,4-7,9,14H2. The van der Waals surface area contributed by atoms with Crippen LogP contribution in [0.25, 0.3) is 0 Å². The van der Waals surface area contributed by atoms with Crippen LogP contribution in [0.5, 0.6) is 0 Å². The highest BCUT2D eigenvalue weighted by atomic mass is 16.5. The molecule has 1 unspecified atom stereocenters. The van der Waals surface area contributed by atoms with Crippen molar-refractivity contribution >= 4 is 17.1 Å².